The van der Waals surface area contributed by atoms with Gasteiger partial charge in [-0.3, -0.25) is 10.1 Å². The fourth-order valence-corrected chi connectivity index (χ4v) is 5.33. The molecule has 4 rings (SSSR count). The van der Waals surface area contributed by atoms with E-state index in [9.17, 15) is 14.9 Å². The van der Waals surface area contributed by atoms with Crippen molar-refractivity contribution in [1.82, 2.24) is 0 Å². The van der Waals surface area contributed by atoms with Gasteiger partial charge in [-0.05, 0) is 80.6 Å². The number of nitrogens with zero attached hydrogens (tertiary/aromatic N) is 2. The number of rotatable bonds is 6. The maximum Gasteiger partial charge on any atom is 0.363 e. The van der Waals surface area contributed by atoms with Crippen molar-refractivity contribution in [1.29, 1.82) is 0 Å². The third-order valence-electron chi connectivity index (χ3n) is 4.56. The number of carbonyl (C=O) groups is 1. The summed E-state index contributed by atoms with van der Waals surface area (Å²) < 4.78 is 13.0. The number of non-ortho nitro benzene ring substituents is 1. The van der Waals surface area contributed by atoms with E-state index in [-0.39, 0.29) is 27.9 Å². The number of ether oxygens (including phenoxy) is 2. The average molecular weight is 687 g/mol. The van der Waals surface area contributed by atoms with E-state index >= 15 is 0 Å². The van der Waals surface area contributed by atoms with Crippen molar-refractivity contribution in [3.8, 4) is 5.75 Å². The first-order valence-electron chi connectivity index (χ1n) is 9.44. The number of halogens is 3. The van der Waals surface area contributed by atoms with Crippen LogP contribution in [-0.2, 0) is 16.1 Å². The molecule has 0 unspecified atom stereocenters. The molecule has 0 saturated carbocycles. The molecule has 0 amide bonds. The Morgan fingerprint density at radius 2 is 1.79 bits per heavy atom. The third-order valence-corrected chi connectivity index (χ3v) is 6.49. The lowest BCUT2D eigenvalue weighted by Gasteiger charge is -2.11. The van der Waals surface area contributed by atoms with Gasteiger partial charge in [-0.1, -0.05) is 41.9 Å². The maximum atomic E-state index is 12.4. The lowest BCUT2D eigenvalue weighted by molar-refractivity contribution is -0.384. The second-order valence-corrected chi connectivity index (χ2v) is 9.58. The topological polar surface area (TPSA) is 91.0 Å². The highest BCUT2D eigenvalue weighted by molar-refractivity contribution is 14.1. The molecule has 3 aromatic rings. The number of nitro groups is 1. The number of aliphatic imine (C=N–C) groups is 1. The van der Waals surface area contributed by atoms with E-state index in [1.807, 2.05) is 42.5 Å². The van der Waals surface area contributed by atoms with Crippen molar-refractivity contribution in [2.24, 2.45) is 4.99 Å². The molecule has 166 valence electrons. The molecule has 0 atom stereocenters. The molecule has 0 N–H and O–H groups in total. The first-order chi connectivity index (χ1) is 15.8. The highest BCUT2D eigenvalue weighted by Crippen LogP contribution is 2.32. The van der Waals surface area contributed by atoms with Gasteiger partial charge in [-0.2, -0.15) is 0 Å². The van der Waals surface area contributed by atoms with Gasteiger partial charge in [-0.15, -0.1) is 0 Å². The van der Waals surface area contributed by atoms with Gasteiger partial charge >= 0.3 is 5.97 Å². The van der Waals surface area contributed by atoms with Gasteiger partial charge in [0, 0.05) is 12.1 Å². The molecule has 7 nitrogen and oxygen atoms in total. The second-order valence-electron chi connectivity index (χ2n) is 6.85. The van der Waals surface area contributed by atoms with E-state index in [1.54, 1.807) is 6.08 Å². The smallest absolute Gasteiger partial charge is 0.363 e. The number of cyclic esters (lactones) is 1. The molecular weight excluding hydrogens is 674 g/mol. The summed E-state index contributed by atoms with van der Waals surface area (Å²) in [4.78, 5) is 27.1. The summed E-state index contributed by atoms with van der Waals surface area (Å²) in [5.41, 5.74) is 1.86. The van der Waals surface area contributed by atoms with Crippen LogP contribution in [0.1, 0.15) is 16.7 Å². The van der Waals surface area contributed by atoms with Crippen LogP contribution in [0.3, 0.4) is 0 Å². The Labute approximate surface area is 220 Å². The van der Waals surface area contributed by atoms with Crippen LogP contribution in [0.4, 0.5) is 5.69 Å². The van der Waals surface area contributed by atoms with Crippen LogP contribution in [0.25, 0.3) is 6.08 Å². The third kappa shape index (κ3) is 5.53. The molecule has 0 bridgehead atoms. The molecule has 0 radical (unpaired) electrons. The van der Waals surface area contributed by atoms with Gasteiger partial charge in [0.05, 0.1) is 22.6 Å². The van der Waals surface area contributed by atoms with Crippen molar-refractivity contribution in [3.63, 3.8) is 0 Å². The first-order valence-corrected chi connectivity index (χ1v) is 12.0. The van der Waals surface area contributed by atoms with Gasteiger partial charge in [0.25, 0.3) is 5.69 Å². The highest BCUT2D eigenvalue weighted by Gasteiger charge is 2.27. The Bertz CT molecular complexity index is 1300. The average Bonchev–Trinajstić information content (AvgIpc) is 3.14. The number of esters is 1. The summed E-state index contributed by atoms with van der Waals surface area (Å²) in [7, 11) is 0. The molecule has 10 heteroatoms. The molecule has 0 fully saturated rings. The molecule has 0 aromatic heterocycles. The number of hydrogen-bond donors (Lipinski definition) is 0. The Morgan fingerprint density at radius 3 is 2.45 bits per heavy atom. The zero-order valence-electron chi connectivity index (χ0n) is 16.6. The Hall–Kier alpha value is -2.51. The van der Waals surface area contributed by atoms with Gasteiger partial charge in [0.15, 0.2) is 5.70 Å². The predicted molar refractivity (Wildman–Crippen MR) is 141 cm³/mol. The van der Waals surface area contributed by atoms with Crippen LogP contribution in [0, 0.1) is 17.3 Å². The van der Waals surface area contributed by atoms with E-state index in [4.69, 9.17) is 21.1 Å². The molecule has 0 spiro atoms. The van der Waals surface area contributed by atoms with Crippen LogP contribution in [0.5, 0.6) is 5.75 Å². The Balaban J connectivity index is 1.60. The van der Waals surface area contributed by atoms with Crippen LogP contribution in [-0.4, -0.2) is 16.8 Å². The number of hydrogen-bond acceptors (Lipinski definition) is 6. The van der Waals surface area contributed by atoms with Crippen molar-refractivity contribution in [3.05, 3.63) is 105 Å². The van der Waals surface area contributed by atoms with Crippen LogP contribution in [0.2, 0.25) is 5.02 Å². The Morgan fingerprint density at radius 1 is 1.09 bits per heavy atom. The SMILES string of the molecule is O=C1OC(c2cc([N+](=O)[O-])ccc2Cl)=N/C1=C\c1cc(I)c(OCc2ccccc2)c(I)c1. The summed E-state index contributed by atoms with van der Waals surface area (Å²) in [6.45, 7) is 0.442. The predicted octanol–water partition coefficient (Wildman–Crippen LogP) is 6.38. The normalized spacial score (nSPS) is 14.2. The fraction of sp³-hybridized carbons (Fsp3) is 0.0435. The van der Waals surface area contributed by atoms with E-state index in [0.29, 0.717) is 6.61 Å². The maximum absolute atomic E-state index is 12.4. The summed E-state index contributed by atoms with van der Waals surface area (Å²) in [6, 6.07) is 17.5. The van der Waals surface area contributed by atoms with E-state index in [2.05, 4.69) is 50.2 Å². The van der Waals surface area contributed by atoms with E-state index < -0.39 is 10.9 Å². The van der Waals surface area contributed by atoms with Crippen molar-refractivity contribution >= 4 is 80.4 Å². The number of carbonyl (C=O) groups excluding carboxylic acids is 1. The largest absolute Gasteiger partial charge is 0.487 e. The monoisotopic (exact) mass is 686 g/mol. The highest BCUT2D eigenvalue weighted by atomic mass is 127. The molecule has 1 heterocycles. The minimum Gasteiger partial charge on any atom is -0.487 e. The lowest BCUT2D eigenvalue weighted by Crippen LogP contribution is -2.06. The van der Waals surface area contributed by atoms with Crippen LogP contribution in [0.15, 0.2) is 71.4 Å². The zero-order chi connectivity index (χ0) is 23.5. The van der Waals surface area contributed by atoms with Crippen molar-refractivity contribution in [2.45, 2.75) is 6.61 Å². The lowest BCUT2D eigenvalue weighted by atomic mass is 10.2. The standard InChI is InChI=1S/C23H13ClI2N2O5/c24-17-7-6-15(28(30)31)11-16(17)22-27-20(23(29)33-22)10-14-8-18(25)21(19(26)9-14)32-12-13-4-2-1-3-5-13/h1-11H,12H2/b20-10-. The van der Waals surface area contributed by atoms with Crippen LogP contribution >= 0.6 is 56.8 Å². The Kier molecular flexibility index (Phi) is 7.29. The molecule has 0 aliphatic carbocycles. The zero-order valence-corrected chi connectivity index (χ0v) is 21.7. The first kappa shape index (κ1) is 23.6. The second kappa shape index (κ2) is 10.2. The van der Waals surface area contributed by atoms with Gasteiger partial charge in [0.1, 0.15) is 12.4 Å². The minimum atomic E-state index is -0.665. The summed E-state index contributed by atoms with van der Waals surface area (Å²) in [6.07, 6.45) is 1.59. The summed E-state index contributed by atoms with van der Waals surface area (Å²) in [5, 5.41) is 11.3. The molecule has 1 aliphatic heterocycles. The van der Waals surface area contributed by atoms with Gasteiger partial charge < -0.3 is 9.47 Å². The molecular formula is C23H13ClI2N2O5. The van der Waals surface area contributed by atoms with E-state index in [1.165, 1.54) is 18.2 Å². The molecule has 1 aliphatic rings. The van der Waals surface area contributed by atoms with Gasteiger partial charge in [0.2, 0.25) is 5.90 Å². The van der Waals surface area contributed by atoms with Crippen LogP contribution < -0.4 is 4.74 Å². The summed E-state index contributed by atoms with van der Waals surface area (Å²) in [5.74, 6) is 0.0120. The number of nitro benzene ring substituents is 1. The molecule has 33 heavy (non-hydrogen) atoms. The fourth-order valence-electron chi connectivity index (χ4n) is 3.00. The van der Waals surface area contributed by atoms with Gasteiger partial charge in [-0.25, -0.2) is 9.79 Å². The quantitative estimate of drug-likeness (QED) is 0.0988. The molecule has 3 aromatic carbocycles. The minimum absolute atomic E-state index is 0.0668. The summed E-state index contributed by atoms with van der Waals surface area (Å²) >= 11 is 10.5. The number of benzene rings is 3. The molecule has 0 saturated heterocycles. The van der Waals surface area contributed by atoms with Crippen molar-refractivity contribution in [2.75, 3.05) is 0 Å². The van der Waals surface area contributed by atoms with E-state index in [0.717, 1.165) is 24.0 Å². The van der Waals surface area contributed by atoms with Crippen molar-refractivity contribution < 1.29 is 19.2 Å².